The van der Waals surface area contributed by atoms with Crippen LogP contribution in [0.1, 0.15) is 12.3 Å². The van der Waals surface area contributed by atoms with Crippen LogP contribution in [-0.4, -0.2) is 15.0 Å². The molecule has 0 aliphatic carbocycles. The molecule has 0 radical (unpaired) electrons. The van der Waals surface area contributed by atoms with Crippen molar-refractivity contribution in [1.29, 1.82) is 0 Å². The van der Waals surface area contributed by atoms with Gasteiger partial charge in [0.15, 0.2) is 17.5 Å². The maximum atomic E-state index is 9.34. The van der Waals surface area contributed by atoms with Gasteiger partial charge in [0.2, 0.25) is 0 Å². The SMILES string of the molecule is [2H]c1cc(Oc2cc([2H])c(-c3nc(-c4ccccc4)nc(-c4cc(-c5ccccc5)c5c(c4)sc4ccccc45)n3)c3c([2H])c([2H])c([2H])c([2H])c23)c([2H])c([2H])c1[2H]. The van der Waals surface area contributed by atoms with E-state index in [-0.39, 0.29) is 57.4 Å². The summed E-state index contributed by atoms with van der Waals surface area (Å²) in [5.74, 6) is 0.0778. The van der Waals surface area contributed by atoms with E-state index in [4.69, 9.17) is 30.7 Å². The van der Waals surface area contributed by atoms with Crippen LogP contribution in [0.4, 0.5) is 0 Å². The zero-order valence-corrected chi connectivity index (χ0v) is 25.9. The number of hydrogen-bond donors (Lipinski definition) is 0. The molecule has 5 heteroatoms. The lowest BCUT2D eigenvalue weighted by Gasteiger charge is -2.14. The molecule has 0 saturated carbocycles. The second-order valence-electron chi connectivity index (χ2n) is 10.9. The summed E-state index contributed by atoms with van der Waals surface area (Å²) >= 11 is 1.65. The van der Waals surface area contributed by atoms with Gasteiger partial charge in [-0.25, -0.2) is 15.0 Å². The summed E-state index contributed by atoms with van der Waals surface area (Å²) in [5, 5.41) is 2.01. The number of aromatic nitrogens is 3. The molecule has 0 spiro atoms. The van der Waals surface area contributed by atoms with E-state index in [2.05, 4.69) is 24.3 Å². The average Bonchev–Trinajstić information content (AvgIpc) is 3.62. The highest BCUT2D eigenvalue weighted by molar-refractivity contribution is 7.26. The Labute approximate surface area is 294 Å². The molecule has 0 amide bonds. The first-order valence-electron chi connectivity index (χ1n) is 19.6. The van der Waals surface area contributed by atoms with Crippen molar-refractivity contribution in [3.8, 4) is 56.8 Å². The average molecular weight is 643 g/mol. The predicted molar refractivity (Wildman–Crippen MR) is 198 cm³/mol. The van der Waals surface area contributed by atoms with Gasteiger partial charge < -0.3 is 4.74 Å². The highest BCUT2D eigenvalue weighted by Crippen LogP contribution is 2.43. The minimum absolute atomic E-state index is 0.00590. The van der Waals surface area contributed by atoms with E-state index in [1.165, 1.54) is 6.07 Å². The van der Waals surface area contributed by atoms with Crippen molar-refractivity contribution >= 4 is 42.3 Å². The van der Waals surface area contributed by atoms with E-state index in [0.29, 0.717) is 11.1 Å². The number of hydrogen-bond acceptors (Lipinski definition) is 5. The molecule has 0 aliphatic rings. The van der Waals surface area contributed by atoms with Crippen molar-refractivity contribution in [3.63, 3.8) is 0 Å². The van der Waals surface area contributed by atoms with Crippen LogP contribution in [0, 0.1) is 0 Å². The monoisotopic (exact) mass is 642 g/mol. The smallest absolute Gasteiger partial charge is 0.164 e. The van der Waals surface area contributed by atoms with Gasteiger partial charge in [0.05, 0.1) is 12.3 Å². The molecular weight excluding hydrogens is 607 g/mol. The molecular formula is C43H27N3OS. The van der Waals surface area contributed by atoms with Crippen LogP contribution in [0.3, 0.4) is 0 Å². The predicted octanol–water partition coefficient (Wildman–Crippen LogP) is 11.9. The maximum Gasteiger partial charge on any atom is 0.164 e. The molecule has 7 aromatic carbocycles. The summed E-state index contributed by atoms with van der Waals surface area (Å²) in [4.78, 5) is 14.8. The summed E-state index contributed by atoms with van der Waals surface area (Å²) in [6.07, 6.45) is 0. The van der Waals surface area contributed by atoms with Gasteiger partial charge in [0.1, 0.15) is 11.5 Å². The Morgan fingerprint density at radius 2 is 1.17 bits per heavy atom. The van der Waals surface area contributed by atoms with E-state index in [1.807, 2.05) is 72.8 Å². The molecule has 9 aromatic rings. The number of rotatable bonds is 6. The molecule has 2 aromatic heterocycles. The van der Waals surface area contributed by atoms with Crippen LogP contribution in [0.15, 0.2) is 164 Å². The highest BCUT2D eigenvalue weighted by Gasteiger charge is 2.19. The summed E-state index contributed by atoms with van der Waals surface area (Å²) < 4.78 is 85.4. The summed E-state index contributed by atoms with van der Waals surface area (Å²) in [6.45, 7) is 0. The van der Waals surface area contributed by atoms with Crippen molar-refractivity contribution in [1.82, 2.24) is 15.0 Å². The number of thiophene rings is 1. The Morgan fingerprint density at radius 1 is 0.479 bits per heavy atom. The molecule has 0 bridgehead atoms. The second kappa shape index (κ2) is 11.9. The Balaban J connectivity index is 1.34. The molecule has 0 N–H and O–H groups in total. The second-order valence-corrected chi connectivity index (χ2v) is 12.0. The fraction of sp³-hybridized carbons (Fsp3) is 0. The Bertz CT molecular complexity index is 3110. The van der Waals surface area contributed by atoms with Gasteiger partial charge in [-0.1, -0.05) is 121 Å². The molecule has 0 unspecified atom stereocenters. The van der Waals surface area contributed by atoms with Crippen molar-refractivity contribution in [3.05, 3.63) is 164 Å². The van der Waals surface area contributed by atoms with E-state index < -0.39 is 42.3 Å². The topological polar surface area (TPSA) is 47.9 Å². The number of ether oxygens (including phenoxy) is 1. The lowest BCUT2D eigenvalue weighted by atomic mass is 9.97. The zero-order valence-electron chi connectivity index (χ0n) is 34.1. The summed E-state index contributed by atoms with van der Waals surface area (Å²) in [5.41, 5.74) is 3.31. The largest absolute Gasteiger partial charge is 0.457 e. The van der Waals surface area contributed by atoms with Gasteiger partial charge in [-0.15, -0.1) is 11.3 Å². The Morgan fingerprint density at radius 3 is 2.00 bits per heavy atom. The molecule has 4 nitrogen and oxygen atoms in total. The standard InChI is InChI=1S/C43H27N3OS/c1-4-14-28(15-5-1)36-26-30(27-39-40(36)35-22-12-13-23-38(35)48-39)42-44-41(29-16-6-2-7-17-29)45-43(46-42)34-24-25-37(33-21-11-10-20-32(33)34)47-31-18-8-3-9-19-31/h1-27H/i3D,8D,9D,10D,11D,18D,20D,21D,24D. The van der Waals surface area contributed by atoms with Gasteiger partial charge in [0.25, 0.3) is 0 Å². The fourth-order valence-electron chi connectivity index (χ4n) is 5.83. The molecule has 226 valence electrons. The molecule has 2 heterocycles. The minimum atomic E-state index is -0.553. The van der Waals surface area contributed by atoms with Crippen molar-refractivity contribution in [2.24, 2.45) is 0 Å². The van der Waals surface area contributed by atoms with E-state index in [0.717, 1.165) is 37.4 Å². The summed E-state index contributed by atoms with van der Waals surface area (Å²) in [7, 11) is 0. The third-order valence-electron chi connectivity index (χ3n) is 7.99. The van der Waals surface area contributed by atoms with Gasteiger partial charge in [-0.3, -0.25) is 0 Å². The first-order valence-corrected chi connectivity index (χ1v) is 15.9. The number of benzene rings is 7. The molecule has 48 heavy (non-hydrogen) atoms. The molecule has 0 atom stereocenters. The van der Waals surface area contributed by atoms with Crippen molar-refractivity contribution in [2.45, 2.75) is 0 Å². The van der Waals surface area contributed by atoms with E-state index in [1.54, 1.807) is 11.3 Å². The van der Waals surface area contributed by atoms with Crippen molar-refractivity contribution < 1.29 is 17.1 Å². The van der Waals surface area contributed by atoms with Gasteiger partial charge in [-0.05, 0) is 58.9 Å². The number of nitrogens with zero attached hydrogens (tertiary/aromatic N) is 3. The van der Waals surface area contributed by atoms with Crippen molar-refractivity contribution in [2.75, 3.05) is 0 Å². The van der Waals surface area contributed by atoms with Gasteiger partial charge in [0, 0.05) is 42.2 Å². The van der Waals surface area contributed by atoms with Gasteiger partial charge in [-0.2, -0.15) is 0 Å². The van der Waals surface area contributed by atoms with E-state index in [9.17, 15) is 1.37 Å². The third kappa shape index (κ3) is 5.07. The van der Waals surface area contributed by atoms with Crippen LogP contribution in [0.2, 0.25) is 0 Å². The molecule has 0 fully saturated rings. The normalized spacial score (nSPS) is 14.0. The van der Waals surface area contributed by atoms with Crippen LogP contribution < -0.4 is 4.74 Å². The zero-order chi connectivity index (χ0) is 39.7. The van der Waals surface area contributed by atoms with Crippen LogP contribution in [-0.2, 0) is 0 Å². The first-order chi connectivity index (χ1) is 27.5. The Kier molecular flexibility index (Phi) is 4.99. The number of fused-ring (bicyclic) bond motifs is 4. The van der Waals surface area contributed by atoms with E-state index >= 15 is 0 Å². The lowest BCUT2D eigenvalue weighted by Crippen LogP contribution is -2.01. The van der Waals surface area contributed by atoms with Crippen LogP contribution >= 0.6 is 11.3 Å². The first kappa shape index (κ1) is 20.1. The van der Waals surface area contributed by atoms with Gasteiger partial charge >= 0.3 is 0 Å². The highest BCUT2D eigenvalue weighted by atomic mass is 32.1. The minimum Gasteiger partial charge on any atom is -0.457 e. The van der Waals surface area contributed by atoms with Crippen LogP contribution in [0.5, 0.6) is 11.5 Å². The third-order valence-corrected chi connectivity index (χ3v) is 9.11. The lowest BCUT2D eigenvalue weighted by molar-refractivity contribution is 0.488. The van der Waals surface area contributed by atoms with Crippen LogP contribution in [0.25, 0.3) is 76.2 Å². The fourth-order valence-corrected chi connectivity index (χ4v) is 7.00. The number of para-hydroxylation sites is 1. The molecule has 0 saturated heterocycles. The summed E-state index contributed by atoms with van der Waals surface area (Å²) in [6, 6.07) is 29.8. The maximum absolute atomic E-state index is 9.34. The Hall–Kier alpha value is -6.17. The molecule has 9 rings (SSSR count). The molecule has 0 aliphatic heterocycles. The quantitative estimate of drug-likeness (QED) is 0.181.